The van der Waals surface area contributed by atoms with Gasteiger partial charge >= 0.3 is 5.97 Å². The highest BCUT2D eigenvalue weighted by Gasteiger charge is 2.56. The molecule has 0 aromatic heterocycles. The van der Waals surface area contributed by atoms with E-state index in [1.54, 1.807) is 17.0 Å². The SMILES string of the molecule is CCC(C(=O)N1C[C@@H]2CCC[C@@]2(C(=O)O)C1)c1ccc(F)cc1. The predicted octanol–water partition coefficient (Wildman–Crippen LogP) is 3.03. The molecule has 124 valence electrons. The van der Waals surface area contributed by atoms with Crippen molar-refractivity contribution < 1.29 is 19.1 Å². The Labute approximate surface area is 135 Å². The summed E-state index contributed by atoms with van der Waals surface area (Å²) in [5, 5.41) is 9.64. The summed E-state index contributed by atoms with van der Waals surface area (Å²) in [4.78, 5) is 26.4. The fourth-order valence-electron chi connectivity index (χ4n) is 4.28. The van der Waals surface area contributed by atoms with Gasteiger partial charge in [-0.3, -0.25) is 9.59 Å². The van der Waals surface area contributed by atoms with E-state index in [1.807, 2.05) is 6.92 Å². The van der Waals surface area contributed by atoms with Gasteiger partial charge in [0.25, 0.3) is 0 Å². The fourth-order valence-corrected chi connectivity index (χ4v) is 4.28. The second-order valence-corrected chi connectivity index (χ2v) is 6.78. The number of hydrogen-bond acceptors (Lipinski definition) is 2. The molecule has 5 heteroatoms. The largest absolute Gasteiger partial charge is 0.481 e. The van der Waals surface area contributed by atoms with Crippen LogP contribution in [0, 0.1) is 17.2 Å². The van der Waals surface area contributed by atoms with Crippen molar-refractivity contribution in [1.29, 1.82) is 0 Å². The van der Waals surface area contributed by atoms with Crippen molar-refractivity contribution >= 4 is 11.9 Å². The minimum atomic E-state index is -0.773. The molecule has 4 nitrogen and oxygen atoms in total. The van der Waals surface area contributed by atoms with Crippen molar-refractivity contribution in [2.24, 2.45) is 11.3 Å². The Balaban J connectivity index is 1.80. The molecule has 1 amide bonds. The quantitative estimate of drug-likeness (QED) is 0.928. The summed E-state index contributed by atoms with van der Waals surface area (Å²) >= 11 is 0. The molecule has 1 aliphatic heterocycles. The first kappa shape index (κ1) is 16.0. The number of likely N-dealkylation sites (tertiary alicyclic amines) is 1. The average molecular weight is 319 g/mol. The molecule has 1 aromatic rings. The van der Waals surface area contributed by atoms with E-state index in [9.17, 15) is 19.1 Å². The zero-order chi connectivity index (χ0) is 16.6. The van der Waals surface area contributed by atoms with E-state index >= 15 is 0 Å². The lowest BCUT2D eigenvalue weighted by Crippen LogP contribution is -2.38. The highest BCUT2D eigenvalue weighted by Crippen LogP contribution is 2.49. The summed E-state index contributed by atoms with van der Waals surface area (Å²) < 4.78 is 13.1. The van der Waals surface area contributed by atoms with Crippen LogP contribution in [0.15, 0.2) is 24.3 Å². The molecule has 1 saturated heterocycles. The summed E-state index contributed by atoms with van der Waals surface area (Å²) in [6, 6.07) is 6.02. The number of halogens is 1. The minimum absolute atomic E-state index is 0.0332. The Bertz CT molecular complexity index is 615. The highest BCUT2D eigenvalue weighted by atomic mass is 19.1. The normalized spacial score (nSPS) is 27.7. The number of benzene rings is 1. The van der Waals surface area contributed by atoms with Crippen molar-refractivity contribution in [3.8, 4) is 0 Å². The maximum atomic E-state index is 13.1. The fraction of sp³-hybridized carbons (Fsp3) is 0.556. The molecule has 1 heterocycles. The Morgan fingerprint density at radius 1 is 1.39 bits per heavy atom. The first-order valence-electron chi connectivity index (χ1n) is 8.25. The molecule has 1 aliphatic carbocycles. The van der Waals surface area contributed by atoms with Crippen LogP contribution in [0.25, 0.3) is 0 Å². The second kappa shape index (κ2) is 5.95. The summed E-state index contributed by atoms with van der Waals surface area (Å²) in [6.45, 7) is 2.77. The van der Waals surface area contributed by atoms with Crippen molar-refractivity contribution in [3.05, 3.63) is 35.6 Å². The van der Waals surface area contributed by atoms with Crippen LogP contribution in [0.4, 0.5) is 4.39 Å². The van der Waals surface area contributed by atoms with Gasteiger partial charge < -0.3 is 10.0 Å². The van der Waals surface area contributed by atoms with E-state index in [2.05, 4.69) is 0 Å². The maximum Gasteiger partial charge on any atom is 0.311 e. The molecule has 1 N–H and O–H groups in total. The monoisotopic (exact) mass is 319 g/mol. The van der Waals surface area contributed by atoms with Crippen molar-refractivity contribution in [2.45, 2.75) is 38.5 Å². The zero-order valence-electron chi connectivity index (χ0n) is 13.3. The number of rotatable bonds is 4. The van der Waals surface area contributed by atoms with Crippen LogP contribution < -0.4 is 0 Å². The van der Waals surface area contributed by atoms with Gasteiger partial charge in [0.1, 0.15) is 5.82 Å². The summed E-state index contributed by atoms with van der Waals surface area (Å²) in [5.74, 6) is -1.40. The van der Waals surface area contributed by atoms with Gasteiger partial charge in [-0.15, -0.1) is 0 Å². The molecule has 1 aromatic carbocycles. The molecule has 23 heavy (non-hydrogen) atoms. The topological polar surface area (TPSA) is 57.6 Å². The van der Waals surface area contributed by atoms with Gasteiger partial charge in [0.05, 0.1) is 11.3 Å². The minimum Gasteiger partial charge on any atom is -0.481 e. The standard InChI is InChI=1S/C18H22FNO3/c1-2-15(12-5-7-14(19)8-6-12)16(21)20-10-13-4-3-9-18(13,11-20)17(22)23/h5-8,13,15H,2-4,9-11H2,1H3,(H,22,23)/t13-,15?,18+/m0/s1. The van der Waals surface area contributed by atoms with Gasteiger partial charge in [-0.2, -0.15) is 0 Å². The molecule has 0 bridgehead atoms. The zero-order valence-corrected chi connectivity index (χ0v) is 13.3. The lowest BCUT2D eigenvalue weighted by Gasteiger charge is -2.26. The van der Waals surface area contributed by atoms with Crippen molar-refractivity contribution in [2.75, 3.05) is 13.1 Å². The molecule has 1 unspecified atom stereocenters. The molecule has 2 fully saturated rings. The van der Waals surface area contributed by atoms with Crippen LogP contribution >= 0.6 is 0 Å². The van der Waals surface area contributed by atoms with Crippen LogP contribution in [-0.4, -0.2) is 35.0 Å². The Kier molecular flexibility index (Phi) is 4.13. The van der Waals surface area contributed by atoms with Gasteiger partial charge in [-0.1, -0.05) is 25.5 Å². The Morgan fingerprint density at radius 2 is 2.09 bits per heavy atom. The summed E-state index contributed by atoms with van der Waals surface area (Å²) in [7, 11) is 0. The van der Waals surface area contributed by atoms with E-state index < -0.39 is 11.4 Å². The van der Waals surface area contributed by atoms with Gasteiger partial charge in [-0.05, 0) is 42.9 Å². The van der Waals surface area contributed by atoms with Gasteiger partial charge in [0, 0.05) is 13.1 Å². The first-order chi connectivity index (χ1) is 11.0. The smallest absolute Gasteiger partial charge is 0.311 e. The number of hydrogen-bond donors (Lipinski definition) is 1. The average Bonchev–Trinajstić information content (AvgIpc) is 3.07. The number of carbonyl (C=O) groups excluding carboxylic acids is 1. The summed E-state index contributed by atoms with van der Waals surface area (Å²) in [6.07, 6.45) is 3.08. The Hall–Kier alpha value is -1.91. The number of carboxylic acids is 1. The summed E-state index contributed by atoms with van der Waals surface area (Å²) in [5.41, 5.74) is 0.0387. The second-order valence-electron chi connectivity index (χ2n) is 6.78. The van der Waals surface area contributed by atoms with E-state index in [0.29, 0.717) is 25.9 Å². The van der Waals surface area contributed by atoms with Crippen LogP contribution in [0.1, 0.15) is 44.1 Å². The number of nitrogens with zero attached hydrogens (tertiary/aromatic N) is 1. The third kappa shape index (κ3) is 2.62. The third-order valence-corrected chi connectivity index (χ3v) is 5.59. The van der Waals surface area contributed by atoms with Crippen LogP contribution in [0.5, 0.6) is 0 Å². The van der Waals surface area contributed by atoms with E-state index in [-0.39, 0.29) is 23.6 Å². The molecule has 0 radical (unpaired) electrons. The number of carboxylic acid groups (broad SMARTS) is 1. The molecular weight excluding hydrogens is 297 g/mol. The van der Waals surface area contributed by atoms with Crippen LogP contribution in [-0.2, 0) is 9.59 Å². The lowest BCUT2D eigenvalue weighted by atomic mass is 9.81. The van der Waals surface area contributed by atoms with Crippen LogP contribution in [0.2, 0.25) is 0 Å². The Morgan fingerprint density at radius 3 is 2.65 bits per heavy atom. The lowest BCUT2D eigenvalue weighted by molar-refractivity contribution is -0.149. The van der Waals surface area contributed by atoms with E-state index in [4.69, 9.17) is 0 Å². The number of amides is 1. The highest BCUT2D eigenvalue weighted by molar-refractivity contribution is 5.86. The van der Waals surface area contributed by atoms with Crippen molar-refractivity contribution in [3.63, 3.8) is 0 Å². The molecule has 2 aliphatic rings. The van der Waals surface area contributed by atoms with Crippen LogP contribution in [0.3, 0.4) is 0 Å². The molecule has 3 rings (SSSR count). The van der Waals surface area contributed by atoms with Gasteiger partial charge in [0.15, 0.2) is 0 Å². The van der Waals surface area contributed by atoms with E-state index in [1.165, 1.54) is 12.1 Å². The van der Waals surface area contributed by atoms with Crippen molar-refractivity contribution in [1.82, 2.24) is 4.90 Å². The van der Waals surface area contributed by atoms with Gasteiger partial charge in [-0.25, -0.2) is 4.39 Å². The molecule has 1 saturated carbocycles. The third-order valence-electron chi connectivity index (χ3n) is 5.59. The number of fused-ring (bicyclic) bond motifs is 1. The van der Waals surface area contributed by atoms with Gasteiger partial charge in [0.2, 0.25) is 5.91 Å². The molecule has 0 spiro atoms. The molecule has 3 atom stereocenters. The predicted molar refractivity (Wildman–Crippen MR) is 83.4 cm³/mol. The molecular formula is C18H22FNO3. The van der Waals surface area contributed by atoms with E-state index in [0.717, 1.165) is 18.4 Å². The number of carbonyl (C=O) groups is 2. The first-order valence-corrected chi connectivity index (χ1v) is 8.25. The maximum absolute atomic E-state index is 13.1. The number of aliphatic carboxylic acids is 1.